The molecule has 0 radical (unpaired) electrons. The summed E-state index contributed by atoms with van der Waals surface area (Å²) < 4.78 is 8.05. The first-order valence-corrected chi connectivity index (χ1v) is 11.5. The summed E-state index contributed by atoms with van der Waals surface area (Å²) in [5.74, 6) is 0.782. The van der Waals surface area contributed by atoms with Gasteiger partial charge >= 0.3 is 0 Å². The lowest BCUT2D eigenvalue weighted by Crippen LogP contribution is -2.22. The van der Waals surface area contributed by atoms with Crippen LogP contribution in [0, 0.1) is 18.3 Å². The fourth-order valence-electron chi connectivity index (χ4n) is 4.33. The van der Waals surface area contributed by atoms with E-state index in [9.17, 15) is 0 Å². The summed E-state index contributed by atoms with van der Waals surface area (Å²) in [4.78, 5) is 8.64. The maximum absolute atomic E-state index is 9.15. The van der Waals surface area contributed by atoms with Crippen molar-refractivity contribution in [1.29, 1.82) is 5.26 Å². The first kappa shape index (κ1) is 21.8. The third-order valence-electron chi connectivity index (χ3n) is 6.09. The number of aryl methyl sites for hydroxylation is 1. The minimum Gasteiger partial charge on any atom is -0.364 e. The van der Waals surface area contributed by atoms with Crippen molar-refractivity contribution in [2.24, 2.45) is 0 Å². The summed E-state index contributed by atoms with van der Waals surface area (Å²) in [5.41, 5.74) is 6.85. The van der Waals surface area contributed by atoms with Gasteiger partial charge in [0, 0.05) is 30.8 Å². The molecule has 0 bridgehead atoms. The lowest BCUT2D eigenvalue weighted by Gasteiger charge is -2.24. The molecule has 3 aromatic heterocycles. The lowest BCUT2D eigenvalue weighted by molar-refractivity contribution is -0.0408. The van der Waals surface area contributed by atoms with E-state index in [1.54, 1.807) is 18.6 Å². The molecule has 5 rings (SSSR count). The molecule has 170 valence electrons. The molecule has 1 aliphatic heterocycles. The zero-order chi connectivity index (χ0) is 23.3. The number of pyridine rings is 2. The SMILES string of the molecule is Cc1cc(C#N)ccc1-c1ccnc(NCc2cc(-c3ccncc3)nn2C2CCCCO2)c1. The Morgan fingerprint density at radius 1 is 1.06 bits per heavy atom. The van der Waals surface area contributed by atoms with Crippen molar-refractivity contribution in [3.63, 3.8) is 0 Å². The van der Waals surface area contributed by atoms with Gasteiger partial charge in [-0.3, -0.25) is 4.98 Å². The van der Waals surface area contributed by atoms with Crippen LogP contribution in [0.4, 0.5) is 5.82 Å². The van der Waals surface area contributed by atoms with Gasteiger partial charge in [-0.15, -0.1) is 0 Å². The van der Waals surface area contributed by atoms with Crippen molar-refractivity contribution in [1.82, 2.24) is 19.7 Å². The van der Waals surface area contributed by atoms with E-state index in [1.165, 1.54) is 0 Å². The predicted octanol–water partition coefficient (Wildman–Crippen LogP) is 5.50. The van der Waals surface area contributed by atoms with Crippen LogP contribution in [0.25, 0.3) is 22.4 Å². The number of hydrogen-bond acceptors (Lipinski definition) is 6. The molecule has 0 spiro atoms. The molecule has 4 aromatic rings. The number of ether oxygens (including phenoxy) is 1. The molecule has 7 nitrogen and oxygen atoms in total. The zero-order valence-corrected chi connectivity index (χ0v) is 19.1. The van der Waals surface area contributed by atoms with E-state index < -0.39 is 0 Å². The quantitative estimate of drug-likeness (QED) is 0.417. The molecule has 0 amide bonds. The zero-order valence-electron chi connectivity index (χ0n) is 19.1. The van der Waals surface area contributed by atoms with Crippen LogP contribution in [-0.4, -0.2) is 26.4 Å². The Hall–Kier alpha value is -4.02. The topological polar surface area (TPSA) is 88.7 Å². The average molecular weight is 451 g/mol. The minimum absolute atomic E-state index is 0.0540. The Morgan fingerprint density at radius 2 is 1.91 bits per heavy atom. The van der Waals surface area contributed by atoms with Gasteiger partial charge in [-0.25, -0.2) is 9.67 Å². The first-order chi connectivity index (χ1) is 16.7. The Bertz CT molecular complexity index is 1320. The summed E-state index contributed by atoms with van der Waals surface area (Å²) in [5, 5.41) is 17.5. The summed E-state index contributed by atoms with van der Waals surface area (Å²) in [7, 11) is 0. The Morgan fingerprint density at radius 3 is 2.68 bits per heavy atom. The molecule has 1 unspecified atom stereocenters. The number of hydrogen-bond donors (Lipinski definition) is 1. The van der Waals surface area contributed by atoms with Crippen molar-refractivity contribution < 1.29 is 4.74 Å². The van der Waals surface area contributed by atoms with E-state index in [1.807, 2.05) is 54.1 Å². The highest BCUT2D eigenvalue weighted by Crippen LogP contribution is 2.29. The maximum atomic E-state index is 9.15. The van der Waals surface area contributed by atoms with Crippen LogP contribution in [0.15, 0.2) is 67.1 Å². The summed E-state index contributed by atoms with van der Waals surface area (Å²) in [6.45, 7) is 3.35. The molecular formula is C27H26N6O. The van der Waals surface area contributed by atoms with Crippen molar-refractivity contribution >= 4 is 5.82 Å². The highest BCUT2D eigenvalue weighted by Gasteiger charge is 2.21. The Kier molecular flexibility index (Phi) is 6.32. The molecule has 1 aliphatic rings. The minimum atomic E-state index is -0.0540. The number of aromatic nitrogens is 4. The van der Waals surface area contributed by atoms with E-state index in [0.29, 0.717) is 12.1 Å². The van der Waals surface area contributed by atoms with Crippen molar-refractivity contribution in [3.05, 3.63) is 83.9 Å². The number of nitrogens with one attached hydrogen (secondary N) is 1. The third kappa shape index (κ3) is 4.68. The third-order valence-corrected chi connectivity index (χ3v) is 6.09. The van der Waals surface area contributed by atoms with Gasteiger partial charge in [0.15, 0.2) is 6.23 Å². The molecule has 1 atom stereocenters. The first-order valence-electron chi connectivity index (χ1n) is 11.5. The van der Waals surface area contributed by atoms with Gasteiger partial charge in [0.1, 0.15) is 5.82 Å². The van der Waals surface area contributed by atoms with Gasteiger partial charge in [-0.2, -0.15) is 10.4 Å². The van der Waals surface area contributed by atoms with Crippen LogP contribution in [-0.2, 0) is 11.3 Å². The molecule has 1 N–H and O–H groups in total. The second kappa shape index (κ2) is 9.86. The van der Waals surface area contributed by atoms with Crippen molar-refractivity contribution in [3.8, 4) is 28.5 Å². The molecule has 0 saturated carbocycles. The lowest BCUT2D eigenvalue weighted by atomic mass is 9.99. The van der Waals surface area contributed by atoms with E-state index in [0.717, 1.165) is 65.3 Å². The molecule has 1 saturated heterocycles. The van der Waals surface area contributed by atoms with Gasteiger partial charge < -0.3 is 10.1 Å². The van der Waals surface area contributed by atoms with Crippen LogP contribution >= 0.6 is 0 Å². The van der Waals surface area contributed by atoms with Gasteiger partial charge in [-0.1, -0.05) is 6.07 Å². The second-order valence-electron chi connectivity index (χ2n) is 8.45. The van der Waals surface area contributed by atoms with E-state index in [4.69, 9.17) is 15.1 Å². The molecule has 4 heterocycles. The molecule has 0 aliphatic carbocycles. The fourth-order valence-corrected chi connectivity index (χ4v) is 4.33. The maximum Gasteiger partial charge on any atom is 0.150 e. The number of rotatable bonds is 6. The fraction of sp³-hybridized carbons (Fsp3) is 0.259. The Balaban J connectivity index is 1.40. The van der Waals surface area contributed by atoms with Crippen molar-refractivity contribution in [2.45, 2.75) is 39.0 Å². The van der Waals surface area contributed by atoms with Crippen LogP contribution in [0.3, 0.4) is 0 Å². The Labute approximate surface area is 199 Å². The monoisotopic (exact) mass is 450 g/mol. The van der Waals surface area contributed by atoms with Crippen LogP contribution in [0.5, 0.6) is 0 Å². The number of nitrogens with zero attached hydrogens (tertiary/aromatic N) is 5. The smallest absolute Gasteiger partial charge is 0.150 e. The molecule has 7 heteroatoms. The van der Waals surface area contributed by atoms with Gasteiger partial charge in [0.2, 0.25) is 0 Å². The van der Waals surface area contributed by atoms with Crippen LogP contribution in [0.1, 0.15) is 42.3 Å². The largest absolute Gasteiger partial charge is 0.364 e. The summed E-state index contributed by atoms with van der Waals surface area (Å²) in [6.07, 6.45) is 8.49. The van der Waals surface area contributed by atoms with E-state index >= 15 is 0 Å². The predicted molar refractivity (Wildman–Crippen MR) is 131 cm³/mol. The molecule has 1 fully saturated rings. The van der Waals surface area contributed by atoms with Crippen LogP contribution < -0.4 is 5.32 Å². The van der Waals surface area contributed by atoms with E-state index in [-0.39, 0.29) is 6.23 Å². The number of benzene rings is 1. The highest BCUT2D eigenvalue weighted by atomic mass is 16.5. The van der Waals surface area contributed by atoms with Gasteiger partial charge in [0.25, 0.3) is 0 Å². The molecular weight excluding hydrogens is 424 g/mol. The molecule has 34 heavy (non-hydrogen) atoms. The highest BCUT2D eigenvalue weighted by molar-refractivity contribution is 5.70. The van der Waals surface area contributed by atoms with Crippen LogP contribution in [0.2, 0.25) is 0 Å². The van der Waals surface area contributed by atoms with Gasteiger partial charge in [0.05, 0.1) is 29.6 Å². The summed E-state index contributed by atoms with van der Waals surface area (Å²) in [6, 6.07) is 18.0. The second-order valence-corrected chi connectivity index (χ2v) is 8.45. The normalized spacial score (nSPS) is 15.6. The average Bonchev–Trinajstić information content (AvgIpc) is 3.33. The summed E-state index contributed by atoms with van der Waals surface area (Å²) >= 11 is 0. The van der Waals surface area contributed by atoms with Gasteiger partial charge in [-0.05, 0) is 85.3 Å². The van der Waals surface area contributed by atoms with Crippen molar-refractivity contribution in [2.75, 3.05) is 11.9 Å². The number of anilines is 1. The van der Waals surface area contributed by atoms with E-state index in [2.05, 4.69) is 27.4 Å². The number of nitriles is 1. The standard InChI is InChI=1S/C27H26N6O/c1-19-14-20(17-28)5-6-24(19)22-9-12-30-26(15-22)31-18-23-16-25(21-7-10-29-11-8-21)32-33(23)27-4-2-3-13-34-27/h5-12,14-16,27H,2-4,13,18H2,1H3,(H,30,31). The molecule has 1 aromatic carbocycles.